The zero-order valence-electron chi connectivity index (χ0n) is 15.5. The molecule has 2 N–H and O–H groups in total. The second kappa shape index (κ2) is 9.14. The summed E-state index contributed by atoms with van der Waals surface area (Å²) in [5.74, 6) is -0.104. The fourth-order valence-corrected chi connectivity index (χ4v) is 2.52. The number of aryl methyl sites for hydroxylation is 1. The van der Waals surface area contributed by atoms with Crippen molar-refractivity contribution in [3.63, 3.8) is 0 Å². The van der Waals surface area contributed by atoms with Crippen molar-refractivity contribution in [3.8, 4) is 17.2 Å². The predicted octanol–water partition coefficient (Wildman–Crippen LogP) is 2.93. The van der Waals surface area contributed by atoms with E-state index in [1.54, 1.807) is 37.3 Å². The largest absolute Gasteiger partial charge is 0.495 e. The molecule has 0 aliphatic carbocycles. The lowest BCUT2D eigenvalue weighted by atomic mass is 10.2. The first-order valence-electron chi connectivity index (χ1n) is 8.03. The third kappa shape index (κ3) is 5.04. The highest BCUT2D eigenvalue weighted by atomic mass is 35.5. The topological polar surface area (TPSA) is 85.9 Å². The van der Waals surface area contributed by atoms with Gasteiger partial charge in [0.05, 0.1) is 27.0 Å². The summed E-state index contributed by atoms with van der Waals surface area (Å²) in [5.41, 5.74) is 1.87. The lowest BCUT2D eigenvalue weighted by molar-refractivity contribution is -0.136. The van der Waals surface area contributed by atoms with E-state index in [1.807, 2.05) is 0 Å². The SMILES string of the molecule is COc1cc(Cl)c(C)cc1NC(=O)C(=O)NCc1ccc(OC)c(OC)c1. The Morgan fingerprint density at radius 2 is 1.59 bits per heavy atom. The van der Waals surface area contributed by atoms with Crippen LogP contribution in [0.25, 0.3) is 0 Å². The van der Waals surface area contributed by atoms with E-state index < -0.39 is 11.8 Å². The molecule has 0 aromatic heterocycles. The van der Waals surface area contributed by atoms with E-state index in [0.717, 1.165) is 11.1 Å². The van der Waals surface area contributed by atoms with Crippen molar-refractivity contribution >= 4 is 29.1 Å². The van der Waals surface area contributed by atoms with E-state index in [-0.39, 0.29) is 6.54 Å². The highest BCUT2D eigenvalue weighted by molar-refractivity contribution is 6.40. The molecule has 144 valence electrons. The van der Waals surface area contributed by atoms with Crippen LogP contribution in [0.15, 0.2) is 30.3 Å². The third-order valence-electron chi connectivity index (χ3n) is 3.84. The first-order valence-corrected chi connectivity index (χ1v) is 8.41. The minimum absolute atomic E-state index is 0.156. The van der Waals surface area contributed by atoms with Crippen LogP contribution < -0.4 is 24.8 Å². The molecule has 7 nitrogen and oxygen atoms in total. The third-order valence-corrected chi connectivity index (χ3v) is 4.24. The minimum atomic E-state index is -0.810. The molecule has 8 heteroatoms. The molecule has 0 spiro atoms. The van der Waals surface area contributed by atoms with Crippen molar-refractivity contribution in [1.82, 2.24) is 5.32 Å². The molecule has 2 aromatic carbocycles. The summed E-state index contributed by atoms with van der Waals surface area (Å²) in [4.78, 5) is 24.3. The van der Waals surface area contributed by atoms with Gasteiger partial charge in [0.1, 0.15) is 5.75 Å². The molecule has 2 amide bonds. The fourth-order valence-electron chi connectivity index (χ4n) is 2.36. The van der Waals surface area contributed by atoms with Gasteiger partial charge in [-0.1, -0.05) is 17.7 Å². The van der Waals surface area contributed by atoms with Crippen molar-refractivity contribution in [3.05, 3.63) is 46.5 Å². The number of hydrogen-bond donors (Lipinski definition) is 2. The van der Waals surface area contributed by atoms with Gasteiger partial charge in [0, 0.05) is 17.6 Å². The molecule has 0 fully saturated rings. The maximum absolute atomic E-state index is 12.2. The number of halogens is 1. The molecule has 0 aliphatic rings. The van der Waals surface area contributed by atoms with Crippen LogP contribution in [0.1, 0.15) is 11.1 Å². The Morgan fingerprint density at radius 1 is 0.926 bits per heavy atom. The minimum Gasteiger partial charge on any atom is -0.495 e. The van der Waals surface area contributed by atoms with Gasteiger partial charge in [-0.3, -0.25) is 9.59 Å². The van der Waals surface area contributed by atoms with Gasteiger partial charge in [-0.25, -0.2) is 0 Å². The van der Waals surface area contributed by atoms with Crippen LogP contribution >= 0.6 is 11.6 Å². The number of amides is 2. The van der Waals surface area contributed by atoms with E-state index >= 15 is 0 Å². The van der Waals surface area contributed by atoms with E-state index in [9.17, 15) is 9.59 Å². The van der Waals surface area contributed by atoms with Crippen LogP contribution in [0.5, 0.6) is 17.2 Å². The van der Waals surface area contributed by atoms with Crippen molar-refractivity contribution < 1.29 is 23.8 Å². The summed E-state index contributed by atoms with van der Waals surface area (Å²) in [6, 6.07) is 8.43. The number of anilines is 1. The second-order valence-electron chi connectivity index (χ2n) is 5.63. The summed E-state index contributed by atoms with van der Waals surface area (Å²) >= 11 is 6.04. The van der Waals surface area contributed by atoms with Gasteiger partial charge in [-0.05, 0) is 36.2 Å². The van der Waals surface area contributed by atoms with E-state index in [1.165, 1.54) is 21.3 Å². The highest BCUT2D eigenvalue weighted by Gasteiger charge is 2.17. The lowest BCUT2D eigenvalue weighted by Crippen LogP contribution is -2.35. The van der Waals surface area contributed by atoms with Crippen LogP contribution in [0.2, 0.25) is 5.02 Å². The first kappa shape index (κ1) is 20.4. The summed E-state index contributed by atoms with van der Waals surface area (Å²) in [6.45, 7) is 1.94. The van der Waals surface area contributed by atoms with Gasteiger partial charge in [-0.15, -0.1) is 0 Å². The number of ether oxygens (including phenoxy) is 3. The Bertz CT molecular complexity index is 854. The maximum Gasteiger partial charge on any atom is 0.313 e. The van der Waals surface area contributed by atoms with Crippen LogP contribution in [0.4, 0.5) is 5.69 Å². The molecule has 0 saturated heterocycles. The van der Waals surface area contributed by atoms with Gasteiger partial charge < -0.3 is 24.8 Å². The van der Waals surface area contributed by atoms with Gasteiger partial charge in [0.2, 0.25) is 0 Å². The number of carbonyl (C=O) groups is 2. The summed E-state index contributed by atoms with van der Waals surface area (Å²) in [5, 5.41) is 5.59. The molecule has 0 atom stereocenters. The van der Waals surface area contributed by atoms with Crippen LogP contribution in [-0.4, -0.2) is 33.1 Å². The average molecular weight is 393 g/mol. The molecule has 0 heterocycles. The number of benzene rings is 2. The Hall–Kier alpha value is -2.93. The Kier molecular flexibility index (Phi) is 6.90. The fraction of sp³-hybridized carbons (Fsp3) is 0.263. The van der Waals surface area contributed by atoms with E-state index in [2.05, 4.69) is 10.6 Å². The zero-order chi connectivity index (χ0) is 20.0. The summed E-state index contributed by atoms with van der Waals surface area (Å²) < 4.78 is 15.6. The summed E-state index contributed by atoms with van der Waals surface area (Å²) in [6.07, 6.45) is 0. The molecule has 27 heavy (non-hydrogen) atoms. The van der Waals surface area contributed by atoms with Crippen molar-refractivity contribution in [2.45, 2.75) is 13.5 Å². The number of rotatable bonds is 6. The lowest BCUT2D eigenvalue weighted by Gasteiger charge is -2.13. The molecular formula is C19H21ClN2O5. The highest BCUT2D eigenvalue weighted by Crippen LogP contribution is 2.31. The number of hydrogen-bond acceptors (Lipinski definition) is 5. The molecular weight excluding hydrogens is 372 g/mol. The van der Waals surface area contributed by atoms with Crippen molar-refractivity contribution in [1.29, 1.82) is 0 Å². The molecule has 0 bridgehead atoms. The molecule has 0 radical (unpaired) electrons. The van der Waals surface area contributed by atoms with Crippen LogP contribution in [0, 0.1) is 6.92 Å². The number of methoxy groups -OCH3 is 3. The smallest absolute Gasteiger partial charge is 0.313 e. The zero-order valence-corrected chi connectivity index (χ0v) is 16.3. The first-order chi connectivity index (χ1) is 12.9. The number of carbonyl (C=O) groups excluding carboxylic acids is 2. The Morgan fingerprint density at radius 3 is 2.22 bits per heavy atom. The molecule has 0 unspecified atom stereocenters. The van der Waals surface area contributed by atoms with Gasteiger partial charge in [-0.2, -0.15) is 0 Å². The Balaban J connectivity index is 2.02. The van der Waals surface area contributed by atoms with Crippen LogP contribution in [-0.2, 0) is 16.1 Å². The monoisotopic (exact) mass is 392 g/mol. The van der Waals surface area contributed by atoms with Crippen molar-refractivity contribution in [2.24, 2.45) is 0 Å². The molecule has 2 aromatic rings. The Labute approximate surface area is 162 Å². The van der Waals surface area contributed by atoms with Crippen LogP contribution in [0.3, 0.4) is 0 Å². The van der Waals surface area contributed by atoms with E-state index in [4.69, 9.17) is 25.8 Å². The molecule has 0 aliphatic heterocycles. The standard InChI is InChI=1S/C19H21ClN2O5/c1-11-7-14(16(26-3)9-13(11)20)22-19(24)18(23)21-10-12-5-6-15(25-2)17(8-12)27-4/h5-9H,10H2,1-4H3,(H,21,23)(H,22,24). The average Bonchev–Trinajstić information content (AvgIpc) is 2.68. The van der Waals surface area contributed by atoms with Crippen molar-refractivity contribution in [2.75, 3.05) is 26.6 Å². The van der Waals surface area contributed by atoms with E-state index in [0.29, 0.717) is 28.0 Å². The normalized spacial score (nSPS) is 10.1. The van der Waals surface area contributed by atoms with Gasteiger partial charge in [0.25, 0.3) is 0 Å². The summed E-state index contributed by atoms with van der Waals surface area (Å²) in [7, 11) is 4.51. The predicted molar refractivity (Wildman–Crippen MR) is 103 cm³/mol. The maximum atomic E-state index is 12.2. The van der Waals surface area contributed by atoms with Gasteiger partial charge >= 0.3 is 11.8 Å². The molecule has 2 rings (SSSR count). The number of nitrogens with one attached hydrogen (secondary N) is 2. The van der Waals surface area contributed by atoms with Gasteiger partial charge in [0.15, 0.2) is 11.5 Å². The molecule has 0 saturated carbocycles. The quantitative estimate of drug-likeness (QED) is 0.738. The second-order valence-corrected chi connectivity index (χ2v) is 6.04.